The molecule has 0 saturated heterocycles. The van der Waals surface area contributed by atoms with Crippen LogP contribution in [0.5, 0.6) is 0 Å². The average molecular weight is 405 g/mol. The minimum atomic E-state index is -0.205. The Morgan fingerprint density at radius 1 is 1.20 bits per heavy atom. The van der Waals surface area contributed by atoms with Crippen LogP contribution in [0.25, 0.3) is 0 Å². The van der Waals surface area contributed by atoms with Gasteiger partial charge in [0.25, 0.3) is 0 Å². The molecule has 0 amide bonds. The van der Waals surface area contributed by atoms with E-state index in [1.165, 1.54) is 11.6 Å². The van der Waals surface area contributed by atoms with E-state index >= 15 is 0 Å². The van der Waals surface area contributed by atoms with Crippen LogP contribution in [0.3, 0.4) is 0 Å². The number of nitrogens with zero attached hydrogens (tertiary/aromatic N) is 1. The first kappa shape index (κ1) is 16.9. The molecule has 0 unspecified atom stereocenters. The summed E-state index contributed by atoms with van der Waals surface area (Å²) < 4.78 is 13.5. The first-order chi connectivity index (χ1) is 9.29. The van der Waals surface area contributed by atoms with E-state index in [1.807, 2.05) is 11.4 Å². The topological polar surface area (TPSA) is 36.4 Å². The maximum atomic E-state index is 13.5. The zero-order chi connectivity index (χ0) is 13.5. The summed E-state index contributed by atoms with van der Waals surface area (Å²) in [4.78, 5) is 4.11. The molecular formula is C14H17FIN3S. The highest BCUT2D eigenvalue weighted by molar-refractivity contribution is 14.0. The van der Waals surface area contributed by atoms with Crippen molar-refractivity contribution in [3.63, 3.8) is 0 Å². The van der Waals surface area contributed by atoms with Gasteiger partial charge in [0.1, 0.15) is 5.82 Å². The highest BCUT2D eigenvalue weighted by Gasteiger charge is 2.02. The molecule has 6 heteroatoms. The van der Waals surface area contributed by atoms with E-state index in [4.69, 9.17) is 0 Å². The molecule has 0 aliphatic carbocycles. The second-order valence-corrected chi connectivity index (χ2v) is 4.78. The van der Waals surface area contributed by atoms with Crippen molar-refractivity contribution in [3.8, 4) is 0 Å². The lowest BCUT2D eigenvalue weighted by molar-refractivity contribution is 0.604. The van der Waals surface area contributed by atoms with Gasteiger partial charge in [-0.3, -0.25) is 4.99 Å². The minimum absolute atomic E-state index is 0. The standard InChI is InChI=1S/C14H16FN3S.HI/c1-16-14(17-8-11-6-7-19-10-11)18-9-12-4-2-3-5-13(12)15;/h2-7,10H,8-9H2,1H3,(H2,16,17,18);1H. The average Bonchev–Trinajstić information content (AvgIpc) is 2.94. The highest BCUT2D eigenvalue weighted by Crippen LogP contribution is 2.06. The van der Waals surface area contributed by atoms with Crippen LogP contribution in [-0.2, 0) is 13.1 Å². The number of thiophene rings is 1. The Labute approximate surface area is 139 Å². The van der Waals surface area contributed by atoms with Gasteiger partial charge in [0.05, 0.1) is 0 Å². The molecule has 1 aromatic carbocycles. The molecule has 0 fully saturated rings. The Hall–Kier alpha value is -1.15. The summed E-state index contributed by atoms with van der Waals surface area (Å²) in [6.07, 6.45) is 0. The van der Waals surface area contributed by atoms with Crippen LogP contribution < -0.4 is 10.6 Å². The lowest BCUT2D eigenvalue weighted by Crippen LogP contribution is -2.36. The molecule has 0 bridgehead atoms. The van der Waals surface area contributed by atoms with Crippen LogP contribution in [0.4, 0.5) is 4.39 Å². The first-order valence-electron chi connectivity index (χ1n) is 5.98. The Kier molecular flexibility index (Phi) is 7.53. The Balaban J connectivity index is 0.00000200. The smallest absolute Gasteiger partial charge is 0.191 e. The van der Waals surface area contributed by atoms with Crippen LogP contribution >= 0.6 is 35.3 Å². The molecule has 0 saturated carbocycles. The van der Waals surface area contributed by atoms with Crippen molar-refractivity contribution in [3.05, 3.63) is 58.0 Å². The molecule has 0 atom stereocenters. The Morgan fingerprint density at radius 3 is 2.60 bits per heavy atom. The van der Waals surface area contributed by atoms with Crippen molar-refractivity contribution in [1.29, 1.82) is 0 Å². The highest BCUT2D eigenvalue weighted by atomic mass is 127. The van der Waals surface area contributed by atoms with Gasteiger partial charge in [-0.25, -0.2) is 4.39 Å². The van der Waals surface area contributed by atoms with Gasteiger partial charge < -0.3 is 10.6 Å². The Morgan fingerprint density at radius 2 is 1.95 bits per heavy atom. The van der Waals surface area contributed by atoms with Crippen molar-refractivity contribution >= 4 is 41.3 Å². The number of guanidine groups is 1. The van der Waals surface area contributed by atoms with E-state index < -0.39 is 0 Å². The molecule has 1 heterocycles. The quantitative estimate of drug-likeness (QED) is 0.465. The number of hydrogen-bond acceptors (Lipinski definition) is 2. The Bertz CT molecular complexity index is 543. The number of nitrogens with one attached hydrogen (secondary N) is 2. The van der Waals surface area contributed by atoms with Crippen LogP contribution in [0.2, 0.25) is 0 Å². The fourth-order valence-corrected chi connectivity index (χ4v) is 2.29. The predicted octanol–water partition coefficient (Wildman–Crippen LogP) is 3.37. The maximum absolute atomic E-state index is 13.5. The minimum Gasteiger partial charge on any atom is -0.352 e. The van der Waals surface area contributed by atoms with Crippen molar-refractivity contribution < 1.29 is 4.39 Å². The number of hydrogen-bond donors (Lipinski definition) is 2. The van der Waals surface area contributed by atoms with Crippen LogP contribution in [-0.4, -0.2) is 13.0 Å². The van der Waals surface area contributed by atoms with E-state index in [2.05, 4.69) is 27.1 Å². The summed E-state index contributed by atoms with van der Waals surface area (Å²) in [5.74, 6) is 0.456. The number of aliphatic imine (C=N–C) groups is 1. The molecule has 1 aromatic heterocycles. The van der Waals surface area contributed by atoms with Gasteiger partial charge in [0, 0.05) is 25.7 Å². The molecule has 108 valence electrons. The predicted molar refractivity (Wildman–Crippen MR) is 93.2 cm³/mol. The number of benzene rings is 1. The van der Waals surface area contributed by atoms with Crippen LogP contribution in [0, 0.1) is 5.82 Å². The van der Waals surface area contributed by atoms with E-state index in [9.17, 15) is 4.39 Å². The lowest BCUT2D eigenvalue weighted by atomic mass is 10.2. The van der Waals surface area contributed by atoms with Crippen molar-refractivity contribution in [1.82, 2.24) is 10.6 Å². The molecule has 0 aliphatic heterocycles. The van der Waals surface area contributed by atoms with E-state index in [-0.39, 0.29) is 29.8 Å². The summed E-state index contributed by atoms with van der Waals surface area (Å²) in [6.45, 7) is 1.12. The largest absolute Gasteiger partial charge is 0.352 e. The monoisotopic (exact) mass is 405 g/mol. The molecule has 2 aromatic rings. The molecule has 0 aliphatic rings. The molecule has 0 spiro atoms. The van der Waals surface area contributed by atoms with Crippen LogP contribution in [0.1, 0.15) is 11.1 Å². The molecule has 2 rings (SSSR count). The third-order valence-electron chi connectivity index (χ3n) is 2.67. The SMILES string of the molecule is CN=C(NCc1ccsc1)NCc1ccccc1F.I. The van der Waals surface area contributed by atoms with Gasteiger partial charge in [0.2, 0.25) is 0 Å². The number of halogens is 2. The second kappa shape index (κ2) is 8.91. The van der Waals surface area contributed by atoms with Crippen molar-refractivity contribution in [2.75, 3.05) is 7.05 Å². The van der Waals surface area contributed by atoms with E-state index in [0.717, 1.165) is 0 Å². The maximum Gasteiger partial charge on any atom is 0.191 e. The summed E-state index contributed by atoms with van der Waals surface area (Å²) in [5, 5.41) is 10.4. The first-order valence-corrected chi connectivity index (χ1v) is 6.93. The molecule has 3 nitrogen and oxygen atoms in total. The third-order valence-corrected chi connectivity index (χ3v) is 3.40. The van der Waals surface area contributed by atoms with Gasteiger partial charge in [-0.2, -0.15) is 11.3 Å². The van der Waals surface area contributed by atoms with Gasteiger partial charge in [-0.15, -0.1) is 24.0 Å². The molecule has 2 N–H and O–H groups in total. The zero-order valence-electron chi connectivity index (χ0n) is 11.1. The zero-order valence-corrected chi connectivity index (χ0v) is 14.2. The fourth-order valence-electron chi connectivity index (χ4n) is 1.62. The van der Waals surface area contributed by atoms with Gasteiger partial charge in [0.15, 0.2) is 5.96 Å². The number of rotatable bonds is 4. The third kappa shape index (κ3) is 5.09. The molecular weight excluding hydrogens is 388 g/mol. The van der Waals surface area contributed by atoms with E-state index in [0.29, 0.717) is 24.6 Å². The van der Waals surface area contributed by atoms with Crippen molar-refractivity contribution in [2.45, 2.75) is 13.1 Å². The van der Waals surface area contributed by atoms with E-state index in [1.54, 1.807) is 30.5 Å². The van der Waals surface area contributed by atoms with Gasteiger partial charge in [-0.05, 0) is 28.5 Å². The molecule has 0 radical (unpaired) electrons. The fraction of sp³-hybridized carbons (Fsp3) is 0.214. The normalized spacial score (nSPS) is 10.8. The molecule has 20 heavy (non-hydrogen) atoms. The second-order valence-electron chi connectivity index (χ2n) is 4.00. The van der Waals surface area contributed by atoms with Gasteiger partial charge >= 0.3 is 0 Å². The summed E-state index contributed by atoms with van der Waals surface area (Å²) in [5.41, 5.74) is 1.83. The summed E-state index contributed by atoms with van der Waals surface area (Å²) in [6, 6.07) is 8.78. The van der Waals surface area contributed by atoms with Crippen LogP contribution in [0.15, 0.2) is 46.1 Å². The van der Waals surface area contributed by atoms with Crippen molar-refractivity contribution in [2.24, 2.45) is 4.99 Å². The summed E-state index contributed by atoms with van der Waals surface area (Å²) >= 11 is 1.66. The van der Waals surface area contributed by atoms with Gasteiger partial charge in [-0.1, -0.05) is 18.2 Å². The lowest BCUT2D eigenvalue weighted by Gasteiger charge is -2.11. The summed E-state index contributed by atoms with van der Waals surface area (Å²) in [7, 11) is 1.70.